The van der Waals surface area contributed by atoms with Gasteiger partial charge in [-0.1, -0.05) is 30.3 Å². The first-order valence-electron chi connectivity index (χ1n) is 6.77. The molecule has 0 radical (unpaired) electrons. The van der Waals surface area contributed by atoms with E-state index in [2.05, 4.69) is 0 Å². The summed E-state index contributed by atoms with van der Waals surface area (Å²) in [5.41, 5.74) is 1.07. The summed E-state index contributed by atoms with van der Waals surface area (Å²) in [5, 5.41) is 9.53. The Hall–Kier alpha value is -1.43. The molecule has 1 fully saturated rings. The van der Waals surface area contributed by atoms with Crippen LogP contribution in [0, 0.1) is 0 Å². The summed E-state index contributed by atoms with van der Waals surface area (Å²) in [7, 11) is 0. The van der Waals surface area contributed by atoms with E-state index in [9.17, 15) is 9.90 Å². The summed E-state index contributed by atoms with van der Waals surface area (Å²) in [6.45, 7) is 1.92. The standard InChI is InChI=1S/C15H20O5/c1-11(16)18-10-14-13(7-8-15(17)20-14)19-9-12-5-3-2-4-6-12/h2-6,13-15,17H,7-10H2,1H3/t13-,14+,15?/m1/s1. The average Bonchev–Trinajstić information content (AvgIpc) is 2.45. The van der Waals surface area contributed by atoms with Gasteiger partial charge in [-0.15, -0.1) is 0 Å². The van der Waals surface area contributed by atoms with Crippen LogP contribution in [0.5, 0.6) is 0 Å². The van der Waals surface area contributed by atoms with Gasteiger partial charge in [-0.25, -0.2) is 0 Å². The molecule has 1 unspecified atom stereocenters. The summed E-state index contributed by atoms with van der Waals surface area (Å²) in [4.78, 5) is 10.9. The highest BCUT2D eigenvalue weighted by Crippen LogP contribution is 2.22. The minimum absolute atomic E-state index is 0.103. The zero-order valence-corrected chi connectivity index (χ0v) is 11.5. The maximum absolute atomic E-state index is 10.9. The summed E-state index contributed by atoms with van der Waals surface area (Å²) in [6, 6.07) is 9.83. The van der Waals surface area contributed by atoms with Crippen molar-refractivity contribution >= 4 is 5.97 Å². The van der Waals surface area contributed by atoms with Crippen molar-refractivity contribution in [1.82, 2.24) is 0 Å². The van der Waals surface area contributed by atoms with E-state index < -0.39 is 12.4 Å². The van der Waals surface area contributed by atoms with Crippen LogP contribution < -0.4 is 0 Å². The second-order valence-electron chi connectivity index (χ2n) is 4.84. The molecule has 1 saturated heterocycles. The fraction of sp³-hybridized carbons (Fsp3) is 0.533. The Labute approximate surface area is 118 Å². The Morgan fingerprint density at radius 2 is 2.10 bits per heavy atom. The number of esters is 1. The minimum Gasteiger partial charge on any atom is -0.463 e. The van der Waals surface area contributed by atoms with Crippen LogP contribution in [0.2, 0.25) is 0 Å². The highest BCUT2D eigenvalue weighted by atomic mass is 16.6. The molecule has 1 aliphatic heterocycles. The first kappa shape index (κ1) is 15.0. The monoisotopic (exact) mass is 280 g/mol. The molecule has 1 heterocycles. The van der Waals surface area contributed by atoms with Gasteiger partial charge in [0.25, 0.3) is 0 Å². The first-order chi connectivity index (χ1) is 9.65. The number of carbonyl (C=O) groups excluding carboxylic acids is 1. The van der Waals surface area contributed by atoms with Crippen LogP contribution >= 0.6 is 0 Å². The van der Waals surface area contributed by atoms with Crippen molar-refractivity contribution in [1.29, 1.82) is 0 Å². The van der Waals surface area contributed by atoms with Gasteiger partial charge in [0.15, 0.2) is 6.29 Å². The molecule has 110 valence electrons. The number of ether oxygens (including phenoxy) is 3. The van der Waals surface area contributed by atoms with E-state index in [4.69, 9.17) is 14.2 Å². The van der Waals surface area contributed by atoms with Gasteiger partial charge >= 0.3 is 5.97 Å². The maximum atomic E-state index is 10.9. The molecule has 1 aliphatic rings. The van der Waals surface area contributed by atoms with Crippen molar-refractivity contribution < 1.29 is 24.1 Å². The largest absolute Gasteiger partial charge is 0.463 e. The van der Waals surface area contributed by atoms with E-state index in [-0.39, 0.29) is 18.7 Å². The van der Waals surface area contributed by atoms with Crippen LogP contribution in [0.4, 0.5) is 0 Å². The molecule has 0 bridgehead atoms. The lowest BCUT2D eigenvalue weighted by atomic mass is 10.0. The zero-order valence-electron chi connectivity index (χ0n) is 11.5. The highest BCUT2D eigenvalue weighted by Gasteiger charge is 2.32. The Morgan fingerprint density at radius 3 is 2.80 bits per heavy atom. The smallest absolute Gasteiger partial charge is 0.302 e. The van der Waals surface area contributed by atoms with Crippen molar-refractivity contribution in [3.63, 3.8) is 0 Å². The van der Waals surface area contributed by atoms with Gasteiger partial charge in [-0.3, -0.25) is 4.79 Å². The molecule has 0 aromatic heterocycles. The molecule has 3 atom stereocenters. The lowest BCUT2D eigenvalue weighted by molar-refractivity contribution is -0.223. The Bertz CT molecular complexity index is 420. The summed E-state index contributed by atoms with van der Waals surface area (Å²) in [6.07, 6.45) is -0.216. The number of carbonyl (C=O) groups is 1. The van der Waals surface area contributed by atoms with Gasteiger partial charge in [0.1, 0.15) is 12.7 Å². The Kier molecular flexibility index (Phi) is 5.52. The molecular formula is C15H20O5. The van der Waals surface area contributed by atoms with Crippen molar-refractivity contribution in [2.75, 3.05) is 6.61 Å². The predicted octanol–water partition coefficient (Wildman–Crippen LogP) is 1.63. The molecule has 2 rings (SSSR count). The molecular weight excluding hydrogens is 260 g/mol. The number of hydrogen-bond donors (Lipinski definition) is 1. The second kappa shape index (κ2) is 7.38. The van der Waals surface area contributed by atoms with Crippen LogP contribution in [-0.2, 0) is 25.6 Å². The predicted molar refractivity (Wildman–Crippen MR) is 71.8 cm³/mol. The number of aliphatic hydroxyl groups is 1. The van der Waals surface area contributed by atoms with Crippen molar-refractivity contribution in [3.05, 3.63) is 35.9 Å². The molecule has 0 aliphatic carbocycles. The van der Waals surface area contributed by atoms with E-state index in [0.717, 1.165) is 5.56 Å². The van der Waals surface area contributed by atoms with Crippen LogP contribution in [0.15, 0.2) is 30.3 Å². The van der Waals surface area contributed by atoms with Gasteiger partial charge in [-0.2, -0.15) is 0 Å². The molecule has 1 N–H and O–H groups in total. The molecule has 0 amide bonds. The second-order valence-corrected chi connectivity index (χ2v) is 4.84. The number of aliphatic hydroxyl groups excluding tert-OH is 1. The number of hydrogen-bond acceptors (Lipinski definition) is 5. The molecule has 0 spiro atoms. The van der Waals surface area contributed by atoms with Gasteiger partial charge in [0.05, 0.1) is 12.7 Å². The van der Waals surface area contributed by atoms with Crippen LogP contribution in [0.3, 0.4) is 0 Å². The highest BCUT2D eigenvalue weighted by molar-refractivity contribution is 5.65. The van der Waals surface area contributed by atoms with Crippen LogP contribution in [0.25, 0.3) is 0 Å². The number of benzene rings is 1. The molecule has 5 heteroatoms. The fourth-order valence-corrected chi connectivity index (χ4v) is 2.16. The van der Waals surface area contributed by atoms with E-state index in [1.165, 1.54) is 6.92 Å². The van der Waals surface area contributed by atoms with Crippen molar-refractivity contribution in [2.24, 2.45) is 0 Å². The van der Waals surface area contributed by atoms with Gasteiger partial charge in [0.2, 0.25) is 0 Å². The SMILES string of the molecule is CC(=O)OC[C@@H]1OC(O)CC[C@H]1OCc1ccccc1. The molecule has 5 nitrogen and oxygen atoms in total. The summed E-state index contributed by atoms with van der Waals surface area (Å²) < 4.78 is 16.2. The quantitative estimate of drug-likeness (QED) is 0.830. The third-order valence-corrected chi connectivity index (χ3v) is 3.20. The van der Waals surface area contributed by atoms with E-state index in [1.54, 1.807) is 0 Å². The molecule has 20 heavy (non-hydrogen) atoms. The van der Waals surface area contributed by atoms with Gasteiger partial charge in [-0.05, 0) is 12.0 Å². The topological polar surface area (TPSA) is 65.0 Å². The van der Waals surface area contributed by atoms with E-state index in [1.807, 2.05) is 30.3 Å². The summed E-state index contributed by atoms with van der Waals surface area (Å²) in [5.74, 6) is -0.365. The third kappa shape index (κ3) is 4.59. The van der Waals surface area contributed by atoms with Gasteiger partial charge < -0.3 is 19.3 Å². The lowest BCUT2D eigenvalue weighted by Crippen LogP contribution is -2.43. The molecule has 0 saturated carbocycles. The third-order valence-electron chi connectivity index (χ3n) is 3.20. The van der Waals surface area contributed by atoms with E-state index >= 15 is 0 Å². The fourth-order valence-electron chi connectivity index (χ4n) is 2.16. The molecule has 1 aromatic rings. The normalized spacial score (nSPS) is 26.2. The Morgan fingerprint density at radius 1 is 1.35 bits per heavy atom. The van der Waals surface area contributed by atoms with Crippen LogP contribution in [-0.4, -0.2) is 36.2 Å². The number of rotatable bonds is 5. The Balaban J connectivity index is 1.87. The van der Waals surface area contributed by atoms with Crippen molar-refractivity contribution in [3.8, 4) is 0 Å². The molecule has 1 aromatic carbocycles. The zero-order chi connectivity index (χ0) is 14.4. The maximum Gasteiger partial charge on any atom is 0.302 e. The lowest BCUT2D eigenvalue weighted by Gasteiger charge is -2.33. The minimum atomic E-state index is -0.813. The average molecular weight is 280 g/mol. The summed E-state index contributed by atoms with van der Waals surface area (Å²) >= 11 is 0. The van der Waals surface area contributed by atoms with Crippen molar-refractivity contribution in [2.45, 2.75) is 44.9 Å². The van der Waals surface area contributed by atoms with E-state index in [0.29, 0.717) is 19.4 Å². The van der Waals surface area contributed by atoms with Crippen LogP contribution in [0.1, 0.15) is 25.3 Å². The van der Waals surface area contributed by atoms with Gasteiger partial charge in [0, 0.05) is 13.3 Å². The first-order valence-corrected chi connectivity index (χ1v) is 6.77.